The summed E-state index contributed by atoms with van der Waals surface area (Å²) >= 11 is 0. The zero-order valence-electron chi connectivity index (χ0n) is 7.00. The van der Waals surface area contributed by atoms with E-state index in [1.807, 2.05) is 0 Å². The number of halogens is 2. The lowest BCUT2D eigenvalue weighted by Crippen LogP contribution is -2.53. The molecule has 0 spiro atoms. The topological polar surface area (TPSA) is 43.4 Å². The molecule has 1 heterocycles. The Kier molecular flexibility index (Phi) is 1.09. The fraction of sp³-hybridized carbons (Fsp3) is 0.556. The van der Waals surface area contributed by atoms with Crippen LogP contribution >= 0.6 is 0 Å². The van der Waals surface area contributed by atoms with Crippen LogP contribution in [0.15, 0.2) is 12.2 Å². The van der Waals surface area contributed by atoms with Crippen molar-refractivity contribution in [3.05, 3.63) is 12.2 Å². The molecule has 2 aliphatic carbocycles. The average molecular weight is 200 g/mol. The van der Waals surface area contributed by atoms with Crippen molar-refractivity contribution < 1.29 is 23.1 Å². The molecule has 4 atom stereocenters. The van der Waals surface area contributed by atoms with Gasteiger partial charge in [0.15, 0.2) is 0 Å². The largest absolute Gasteiger partial charge is 0.388 e. The molecular weight excluding hydrogens is 194 g/mol. The van der Waals surface area contributed by atoms with Crippen LogP contribution in [0.4, 0.5) is 8.78 Å². The highest BCUT2D eigenvalue weighted by molar-refractivity contribution is 6.07. The highest BCUT2D eigenvalue weighted by atomic mass is 19.2. The van der Waals surface area contributed by atoms with E-state index in [4.69, 9.17) is 0 Å². The van der Waals surface area contributed by atoms with Crippen LogP contribution in [0.25, 0.3) is 0 Å². The Bertz CT molecular complexity index is 358. The van der Waals surface area contributed by atoms with E-state index in [-0.39, 0.29) is 6.42 Å². The maximum Gasteiger partial charge on any atom is 0.356 e. The Morgan fingerprint density at radius 1 is 1.14 bits per heavy atom. The molecule has 3 nitrogen and oxygen atoms in total. The molecule has 3 aliphatic rings. The van der Waals surface area contributed by atoms with Gasteiger partial charge in [0, 0.05) is 11.8 Å². The van der Waals surface area contributed by atoms with Gasteiger partial charge in [-0.1, -0.05) is 12.2 Å². The molecule has 0 amide bonds. The molecule has 3 rings (SSSR count). The Morgan fingerprint density at radius 3 is 2.00 bits per heavy atom. The Labute approximate surface area is 77.7 Å². The quantitative estimate of drug-likeness (QED) is 0.328. The minimum atomic E-state index is -2.77. The van der Waals surface area contributed by atoms with Crippen LogP contribution in [0, 0.1) is 11.8 Å². The number of ether oxygens (including phenoxy) is 1. The molecule has 0 aromatic heterocycles. The number of carbonyl (C=O) groups excluding carboxylic acids is 2. The van der Waals surface area contributed by atoms with Crippen LogP contribution < -0.4 is 0 Å². The predicted octanol–water partition coefficient (Wildman–Crippen LogP) is 0.692. The minimum absolute atomic E-state index is 0.174. The van der Waals surface area contributed by atoms with E-state index in [9.17, 15) is 18.4 Å². The van der Waals surface area contributed by atoms with Crippen molar-refractivity contribution in [2.75, 3.05) is 0 Å². The van der Waals surface area contributed by atoms with Crippen molar-refractivity contribution in [3.8, 4) is 0 Å². The smallest absolute Gasteiger partial charge is 0.356 e. The van der Waals surface area contributed by atoms with Gasteiger partial charge in [0.2, 0.25) is 0 Å². The second-order valence-corrected chi connectivity index (χ2v) is 3.93. The molecule has 1 saturated carbocycles. The molecule has 74 valence electrons. The molecule has 2 fully saturated rings. The minimum Gasteiger partial charge on any atom is -0.388 e. The first-order valence-electron chi connectivity index (χ1n) is 4.34. The van der Waals surface area contributed by atoms with Crippen LogP contribution in [-0.4, -0.2) is 23.3 Å². The van der Waals surface area contributed by atoms with E-state index < -0.39 is 35.1 Å². The van der Waals surface area contributed by atoms with Gasteiger partial charge in [-0.2, -0.15) is 0 Å². The van der Waals surface area contributed by atoms with Crippen molar-refractivity contribution in [2.45, 2.75) is 17.8 Å². The first-order valence-corrected chi connectivity index (χ1v) is 4.34. The number of carbonyl (C=O) groups is 2. The van der Waals surface area contributed by atoms with Crippen LogP contribution in [0.5, 0.6) is 0 Å². The fourth-order valence-corrected chi connectivity index (χ4v) is 2.66. The van der Waals surface area contributed by atoms with E-state index >= 15 is 0 Å². The number of alkyl halides is 2. The highest BCUT2D eigenvalue weighted by Gasteiger charge is 2.81. The monoisotopic (exact) mass is 200 g/mol. The Morgan fingerprint density at radius 2 is 1.57 bits per heavy atom. The zero-order valence-corrected chi connectivity index (χ0v) is 7.00. The van der Waals surface area contributed by atoms with Gasteiger partial charge in [-0.25, -0.2) is 18.4 Å². The number of cyclic esters (lactones) is 2. The maximum atomic E-state index is 14.1. The lowest BCUT2D eigenvalue weighted by atomic mass is 9.79. The van der Waals surface area contributed by atoms with Crippen molar-refractivity contribution in [3.63, 3.8) is 0 Å². The number of hydrogen-bond donors (Lipinski definition) is 0. The lowest BCUT2D eigenvalue weighted by Gasteiger charge is -2.27. The van der Waals surface area contributed by atoms with Crippen LogP contribution in [-0.2, 0) is 14.3 Å². The van der Waals surface area contributed by atoms with Crippen molar-refractivity contribution in [1.29, 1.82) is 0 Å². The van der Waals surface area contributed by atoms with E-state index in [0.29, 0.717) is 0 Å². The van der Waals surface area contributed by atoms with Gasteiger partial charge in [0.25, 0.3) is 11.3 Å². The maximum absolute atomic E-state index is 14.1. The van der Waals surface area contributed by atoms with Gasteiger partial charge in [-0.15, -0.1) is 0 Å². The number of rotatable bonds is 0. The summed E-state index contributed by atoms with van der Waals surface area (Å²) in [6, 6.07) is 0. The van der Waals surface area contributed by atoms with Gasteiger partial charge in [0.05, 0.1) is 0 Å². The third-order valence-electron chi connectivity index (χ3n) is 3.41. The Balaban J connectivity index is 2.26. The lowest BCUT2D eigenvalue weighted by molar-refractivity contribution is -0.157. The van der Waals surface area contributed by atoms with Gasteiger partial charge in [-0.05, 0) is 6.42 Å². The second-order valence-electron chi connectivity index (χ2n) is 3.93. The summed E-state index contributed by atoms with van der Waals surface area (Å²) in [6.07, 6.45) is 3.07. The van der Waals surface area contributed by atoms with Crippen LogP contribution in [0.2, 0.25) is 0 Å². The predicted molar refractivity (Wildman–Crippen MR) is 39.5 cm³/mol. The summed E-state index contributed by atoms with van der Waals surface area (Å²) in [5.41, 5.74) is -5.55. The van der Waals surface area contributed by atoms with Crippen molar-refractivity contribution in [2.24, 2.45) is 11.8 Å². The summed E-state index contributed by atoms with van der Waals surface area (Å²) in [5.74, 6) is -4.45. The summed E-state index contributed by atoms with van der Waals surface area (Å²) in [5, 5.41) is 0. The molecule has 2 bridgehead atoms. The summed E-state index contributed by atoms with van der Waals surface area (Å²) in [6.45, 7) is 0. The summed E-state index contributed by atoms with van der Waals surface area (Å²) < 4.78 is 32.2. The molecule has 0 radical (unpaired) electrons. The molecular formula is C9H6F2O3. The van der Waals surface area contributed by atoms with E-state index in [0.717, 1.165) is 0 Å². The van der Waals surface area contributed by atoms with E-state index in [1.165, 1.54) is 12.2 Å². The molecule has 0 N–H and O–H groups in total. The highest BCUT2D eigenvalue weighted by Crippen LogP contribution is 2.61. The molecule has 0 aromatic rings. The number of fused-ring (bicyclic) bond motifs is 5. The number of esters is 2. The molecule has 1 aliphatic heterocycles. The van der Waals surface area contributed by atoms with Crippen LogP contribution in [0.1, 0.15) is 6.42 Å². The molecule has 5 heteroatoms. The molecule has 4 unspecified atom stereocenters. The van der Waals surface area contributed by atoms with Gasteiger partial charge in [0.1, 0.15) is 0 Å². The number of allylic oxidation sites excluding steroid dienone is 2. The first-order chi connectivity index (χ1) is 6.51. The zero-order chi connectivity index (χ0) is 10.1. The third kappa shape index (κ3) is 0.509. The van der Waals surface area contributed by atoms with E-state index in [2.05, 4.69) is 4.74 Å². The number of hydrogen-bond acceptors (Lipinski definition) is 3. The first kappa shape index (κ1) is 8.08. The Hall–Kier alpha value is -1.26. The van der Waals surface area contributed by atoms with Gasteiger partial charge < -0.3 is 4.74 Å². The second kappa shape index (κ2) is 1.89. The van der Waals surface area contributed by atoms with Gasteiger partial charge in [-0.3, -0.25) is 0 Å². The van der Waals surface area contributed by atoms with E-state index in [1.54, 1.807) is 0 Å². The van der Waals surface area contributed by atoms with Gasteiger partial charge >= 0.3 is 11.9 Å². The van der Waals surface area contributed by atoms with Crippen molar-refractivity contribution >= 4 is 11.9 Å². The fourth-order valence-electron chi connectivity index (χ4n) is 2.66. The summed E-state index contributed by atoms with van der Waals surface area (Å²) in [4.78, 5) is 22.2. The van der Waals surface area contributed by atoms with Crippen molar-refractivity contribution in [1.82, 2.24) is 0 Å². The SMILES string of the molecule is O=C1OC(=O)C2(F)C3C=CC(C3)C12F. The third-order valence-corrected chi connectivity index (χ3v) is 3.41. The molecule has 1 saturated heterocycles. The average Bonchev–Trinajstić information content (AvgIpc) is 2.73. The standard InChI is InChI=1S/C9H6F2O3/c10-8-4-1-2-5(3-4)9(8,11)7(13)14-6(8)12/h1-2,4-5H,3H2. The van der Waals surface area contributed by atoms with Crippen LogP contribution in [0.3, 0.4) is 0 Å². The summed E-state index contributed by atoms with van der Waals surface area (Å²) in [7, 11) is 0. The normalized spacial score (nSPS) is 53.9. The molecule has 0 aromatic carbocycles. The molecule has 14 heavy (non-hydrogen) atoms.